The Labute approximate surface area is 150 Å². The summed E-state index contributed by atoms with van der Waals surface area (Å²) in [7, 11) is -1.19. The van der Waals surface area contributed by atoms with Gasteiger partial charge in [0, 0.05) is 4.90 Å². The Bertz CT molecular complexity index is 496. The van der Waals surface area contributed by atoms with Gasteiger partial charge < -0.3 is 4.74 Å². The zero-order valence-electron chi connectivity index (χ0n) is 14.9. The summed E-state index contributed by atoms with van der Waals surface area (Å²) in [5, 5.41) is 0.660. The summed E-state index contributed by atoms with van der Waals surface area (Å²) in [4.78, 5) is 0.832. The van der Waals surface area contributed by atoms with Crippen LogP contribution in [0.5, 0.6) is 0 Å². The first-order valence-corrected chi connectivity index (χ1v) is 10.8. The van der Waals surface area contributed by atoms with Crippen LogP contribution in [-0.4, -0.2) is 10.8 Å². The first kappa shape index (κ1) is 19.2. The molecule has 0 bridgehead atoms. The molecule has 0 fully saturated rings. The highest BCUT2D eigenvalue weighted by Gasteiger charge is 2.11. The molecule has 1 unspecified atom stereocenters. The first-order chi connectivity index (χ1) is 11.9. The van der Waals surface area contributed by atoms with E-state index < -0.39 is 10.8 Å². The molecular formula is C21H32O2S. The van der Waals surface area contributed by atoms with E-state index in [9.17, 15) is 4.21 Å². The molecule has 1 aliphatic heterocycles. The summed E-state index contributed by atoms with van der Waals surface area (Å²) >= 11 is 0. The molecule has 1 aromatic rings. The second-order valence-electron chi connectivity index (χ2n) is 6.63. The lowest BCUT2D eigenvalue weighted by atomic mass is 10.1. The Kier molecular flexibility index (Phi) is 9.86. The van der Waals surface area contributed by atoms with Gasteiger partial charge in [0.2, 0.25) is 0 Å². The van der Waals surface area contributed by atoms with Gasteiger partial charge in [-0.1, -0.05) is 76.0 Å². The van der Waals surface area contributed by atoms with Crippen molar-refractivity contribution in [1.29, 1.82) is 0 Å². The standard InChI is InChI=1S/C21H32O2S/c22-24(20-16-12-11-13-17-20)21-18-14-9-7-5-3-1-2-4-6-8-10-15-19-23-21/h11-13,16-18H,1-10,14-15,19H2/b21-18+. The van der Waals surface area contributed by atoms with Crippen molar-refractivity contribution in [3.8, 4) is 0 Å². The van der Waals surface area contributed by atoms with E-state index >= 15 is 0 Å². The number of ether oxygens (including phenoxy) is 1. The molecule has 0 N–H and O–H groups in total. The third kappa shape index (κ3) is 7.65. The minimum absolute atomic E-state index is 0.660. The van der Waals surface area contributed by atoms with Gasteiger partial charge in [-0.05, 0) is 37.5 Å². The number of benzene rings is 1. The predicted octanol–water partition coefficient (Wildman–Crippen LogP) is 6.35. The van der Waals surface area contributed by atoms with Crippen LogP contribution in [0, 0.1) is 0 Å². The van der Waals surface area contributed by atoms with E-state index in [0.717, 1.165) is 17.7 Å². The lowest BCUT2D eigenvalue weighted by Gasteiger charge is -2.11. The molecule has 2 nitrogen and oxygen atoms in total. The fourth-order valence-corrected chi connectivity index (χ4v) is 4.17. The lowest BCUT2D eigenvalue weighted by Crippen LogP contribution is -2.03. The van der Waals surface area contributed by atoms with Gasteiger partial charge in [-0.3, -0.25) is 0 Å². The number of rotatable bonds is 2. The molecule has 1 atom stereocenters. The molecule has 2 rings (SSSR count). The van der Waals surface area contributed by atoms with Gasteiger partial charge in [-0.25, -0.2) is 4.21 Å². The fraction of sp³-hybridized carbons (Fsp3) is 0.619. The summed E-state index contributed by atoms with van der Waals surface area (Å²) in [5.41, 5.74) is 0. The van der Waals surface area contributed by atoms with Gasteiger partial charge in [0.15, 0.2) is 5.09 Å². The van der Waals surface area contributed by atoms with Crippen molar-refractivity contribution in [3.63, 3.8) is 0 Å². The highest BCUT2D eigenvalue weighted by Crippen LogP contribution is 2.19. The van der Waals surface area contributed by atoms with E-state index in [4.69, 9.17) is 4.74 Å². The highest BCUT2D eigenvalue weighted by atomic mass is 32.2. The quantitative estimate of drug-likeness (QED) is 0.622. The minimum atomic E-state index is -1.19. The Morgan fingerprint density at radius 1 is 0.708 bits per heavy atom. The van der Waals surface area contributed by atoms with E-state index in [-0.39, 0.29) is 0 Å². The van der Waals surface area contributed by atoms with Crippen molar-refractivity contribution in [2.45, 2.75) is 81.9 Å². The van der Waals surface area contributed by atoms with Crippen LogP contribution in [-0.2, 0) is 15.5 Å². The zero-order valence-corrected chi connectivity index (χ0v) is 15.7. The number of hydrogen-bond acceptors (Lipinski definition) is 2. The van der Waals surface area contributed by atoms with E-state index in [2.05, 4.69) is 6.08 Å². The molecule has 0 saturated carbocycles. The third-order valence-corrected chi connectivity index (χ3v) is 5.89. The van der Waals surface area contributed by atoms with Gasteiger partial charge in [0.05, 0.1) is 6.61 Å². The maximum absolute atomic E-state index is 12.8. The molecule has 0 aromatic heterocycles. The van der Waals surface area contributed by atoms with Crippen molar-refractivity contribution in [3.05, 3.63) is 41.5 Å². The highest BCUT2D eigenvalue weighted by molar-refractivity contribution is 7.88. The van der Waals surface area contributed by atoms with Gasteiger partial charge in [0.1, 0.15) is 10.8 Å². The SMILES string of the molecule is O=S(/C1=C/CCCCCCCCCCCCCO1)c1ccccc1. The second kappa shape index (κ2) is 12.3. The summed E-state index contributed by atoms with van der Waals surface area (Å²) in [5.74, 6) is 0. The van der Waals surface area contributed by atoms with Gasteiger partial charge >= 0.3 is 0 Å². The molecule has 0 saturated heterocycles. The topological polar surface area (TPSA) is 26.3 Å². The van der Waals surface area contributed by atoms with Crippen LogP contribution in [0.25, 0.3) is 0 Å². The molecule has 134 valence electrons. The lowest BCUT2D eigenvalue weighted by molar-refractivity contribution is 0.226. The Morgan fingerprint density at radius 2 is 1.25 bits per heavy atom. The third-order valence-electron chi connectivity index (χ3n) is 4.54. The predicted molar refractivity (Wildman–Crippen MR) is 102 cm³/mol. The molecular weight excluding hydrogens is 316 g/mol. The summed E-state index contributed by atoms with van der Waals surface area (Å²) in [6.45, 7) is 0.685. The molecule has 0 radical (unpaired) electrons. The smallest absolute Gasteiger partial charge is 0.184 e. The molecule has 3 heteroatoms. The van der Waals surface area contributed by atoms with E-state index in [1.807, 2.05) is 30.3 Å². The Hall–Kier alpha value is -1.09. The largest absolute Gasteiger partial charge is 0.485 e. The van der Waals surface area contributed by atoms with Gasteiger partial charge in [0.25, 0.3) is 0 Å². The van der Waals surface area contributed by atoms with Crippen LogP contribution < -0.4 is 0 Å². The number of hydrogen-bond donors (Lipinski definition) is 0. The molecule has 0 spiro atoms. The fourth-order valence-electron chi connectivity index (χ4n) is 3.08. The van der Waals surface area contributed by atoms with Crippen molar-refractivity contribution in [2.24, 2.45) is 0 Å². The van der Waals surface area contributed by atoms with Crippen molar-refractivity contribution in [1.82, 2.24) is 0 Å². The van der Waals surface area contributed by atoms with Crippen molar-refractivity contribution in [2.75, 3.05) is 6.61 Å². The first-order valence-electron chi connectivity index (χ1n) is 9.68. The molecule has 1 heterocycles. The number of allylic oxidation sites excluding steroid dienone is 1. The maximum atomic E-state index is 12.8. The van der Waals surface area contributed by atoms with Crippen LogP contribution >= 0.6 is 0 Å². The molecule has 0 amide bonds. The molecule has 24 heavy (non-hydrogen) atoms. The summed E-state index contributed by atoms with van der Waals surface area (Å²) < 4.78 is 18.7. The molecule has 0 aliphatic carbocycles. The summed E-state index contributed by atoms with van der Waals surface area (Å²) in [6, 6.07) is 9.65. The van der Waals surface area contributed by atoms with Crippen molar-refractivity contribution < 1.29 is 8.95 Å². The monoisotopic (exact) mass is 348 g/mol. The average molecular weight is 349 g/mol. The normalized spacial score (nSPS) is 22.8. The zero-order chi connectivity index (χ0) is 16.9. The van der Waals surface area contributed by atoms with Gasteiger partial charge in [-0.2, -0.15) is 0 Å². The van der Waals surface area contributed by atoms with E-state index in [1.165, 1.54) is 64.2 Å². The van der Waals surface area contributed by atoms with Crippen molar-refractivity contribution >= 4 is 10.8 Å². The van der Waals surface area contributed by atoms with Crippen LogP contribution in [0.4, 0.5) is 0 Å². The summed E-state index contributed by atoms with van der Waals surface area (Å²) in [6.07, 6.45) is 17.2. The van der Waals surface area contributed by atoms with E-state index in [0.29, 0.717) is 11.7 Å². The average Bonchev–Trinajstić information content (AvgIpc) is 2.62. The Morgan fingerprint density at radius 3 is 1.88 bits per heavy atom. The van der Waals surface area contributed by atoms with Crippen LogP contribution in [0.2, 0.25) is 0 Å². The molecule has 1 aliphatic rings. The Balaban J connectivity index is 1.93. The maximum Gasteiger partial charge on any atom is 0.184 e. The second-order valence-corrected chi connectivity index (χ2v) is 8.04. The minimum Gasteiger partial charge on any atom is -0.485 e. The van der Waals surface area contributed by atoms with Crippen LogP contribution in [0.1, 0.15) is 77.0 Å². The van der Waals surface area contributed by atoms with Crippen LogP contribution in [0.3, 0.4) is 0 Å². The molecule has 1 aromatic carbocycles. The van der Waals surface area contributed by atoms with E-state index in [1.54, 1.807) is 0 Å². The van der Waals surface area contributed by atoms with Gasteiger partial charge in [-0.15, -0.1) is 0 Å². The van der Waals surface area contributed by atoms with Crippen LogP contribution in [0.15, 0.2) is 46.4 Å².